The molecule has 2 aromatic carbocycles. The Balaban J connectivity index is 1.67. The number of aromatic carboxylic acids is 1. The van der Waals surface area contributed by atoms with E-state index in [1.54, 1.807) is 38.4 Å². The fourth-order valence-electron chi connectivity index (χ4n) is 5.14. The van der Waals surface area contributed by atoms with Crippen LogP contribution < -0.4 is 10.6 Å². The lowest BCUT2D eigenvalue weighted by molar-refractivity contribution is -0.139. The van der Waals surface area contributed by atoms with Crippen molar-refractivity contribution in [3.05, 3.63) is 59.2 Å². The Morgan fingerprint density at radius 2 is 1.77 bits per heavy atom. The van der Waals surface area contributed by atoms with Crippen molar-refractivity contribution in [2.45, 2.75) is 43.6 Å². The van der Waals surface area contributed by atoms with Crippen LogP contribution in [0.4, 0.5) is 0 Å². The van der Waals surface area contributed by atoms with Crippen LogP contribution in [0.25, 0.3) is 11.1 Å². The zero-order valence-electron chi connectivity index (χ0n) is 24.1. The number of nitrogens with zero attached hydrogens (tertiary/aromatic N) is 2. The van der Waals surface area contributed by atoms with Crippen LogP contribution in [-0.2, 0) is 29.7 Å². The molecule has 2 aromatic rings. The summed E-state index contributed by atoms with van der Waals surface area (Å²) in [5, 5.41) is 14.6. The summed E-state index contributed by atoms with van der Waals surface area (Å²) in [5.74, 6) is -3.16. The highest BCUT2D eigenvalue weighted by Crippen LogP contribution is 2.31. The molecule has 228 valence electrons. The number of nitrogens with one attached hydrogen (secondary N) is 2. The molecule has 0 saturated carbocycles. The Morgan fingerprint density at radius 3 is 2.42 bits per heavy atom. The predicted octanol–water partition coefficient (Wildman–Crippen LogP) is 1.52. The van der Waals surface area contributed by atoms with Gasteiger partial charge in [0.05, 0.1) is 11.1 Å². The van der Waals surface area contributed by atoms with E-state index in [9.17, 15) is 33.9 Å². The molecule has 1 fully saturated rings. The van der Waals surface area contributed by atoms with Crippen LogP contribution in [-0.4, -0.2) is 102 Å². The molecule has 2 aliphatic rings. The van der Waals surface area contributed by atoms with Gasteiger partial charge in [-0.3, -0.25) is 19.2 Å². The van der Waals surface area contributed by atoms with E-state index in [1.165, 1.54) is 40.6 Å². The fourth-order valence-corrected chi connectivity index (χ4v) is 6.23. The lowest BCUT2D eigenvalue weighted by Crippen LogP contribution is -2.58. The zero-order chi connectivity index (χ0) is 31.3. The highest BCUT2D eigenvalue weighted by atomic mass is 32.2. The van der Waals surface area contributed by atoms with E-state index in [2.05, 4.69) is 10.6 Å². The van der Waals surface area contributed by atoms with E-state index >= 15 is 0 Å². The van der Waals surface area contributed by atoms with E-state index < -0.39 is 48.5 Å². The summed E-state index contributed by atoms with van der Waals surface area (Å²) in [6.45, 7) is 1.29. The summed E-state index contributed by atoms with van der Waals surface area (Å²) < 4.78 is 5.57. The van der Waals surface area contributed by atoms with E-state index in [0.29, 0.717) is 36.1 Å². The predicted molar refractivity (Wildman–Crippen MR) is 158 cm³/mol. The first-order chi connectivity index (χ1) is 20.5. The minimum absolute atomic E-state index is 0.121. The third kappa shape index (κ3) is 7.34. The molecule has 0 aromatic heterocycles. The number of likely N-dealkylation sites (tertiary alicyclic amines) is 1. The Kier molecular flexibility index (Phi) is 10.1. The molecule has 0 aliphatic carbocycles. The van der Waals surface area contributed by atoms with Crippen LogP contribution in [0.3, 0.4) is 0 Å². The third-order valence-electron chi connectivity index (χ3n) is 7.40. The van der Waals surface area contributed by atoms with E-state index in [4.69, 9.17) is 4.74 Å². The van der Waals surface area contributed by atoms with Crippen molar-refractivity contribution in [1.82, 2.24) is 20.4 Å². The number of hydrogen-bond acceptors (Lipinski definition) is 8. The average molecular weight is 611 g/mol. The molecule has 0 radical (unpaired) electrons. The van der Waals surface area contributed by atoms with Crippen LogP contribution in [0.5, 0.6) is 0 Å². The number of amides is 4. The second-order valence-corrected chi connectivity index (χ2v) is 11.6. The SMILES string of the molecule is CC(=O)N1CCC[C@H]1C(=O)N[C@@H]1COC(=O)c2cccc(-c3ccc(C(=O)O)cc3)c2CSC[C@H](C(=O)N(C)C)NC1=O. The minimum atomic E-state index is -1.32. The maximum atomic E-state index is 13.4. The van der Waals surface area contributed by atoms with Gasteiger partial charge in [0.15, 0.2) is 0 Å². The zero-order valence-corrected chi connectivity index (χ0v) is 24.9. The van der Waals surface area contributed by atoms with E-state index in [-0.39, 0.29) is 34.4 Å². The summed E-state index contributed by atoms with van der Waals surface area (Å²) >= 11 is 1.33. The molecule has 3 atom stereocenters. The van der Waals surface area contributed by atoms with Crippen LogP contribution in [0.1, 0.15) is 46.0 Å². The quantitative estimate of drug-likeness (QED) is 0.426. The molecule has 43 heavy (non-hydrogen) atoms. The second kappa shape index (κ2) is 13.7. The topological polar surface area (TPSA) is 162 Å². The minimum Gasteiger partial charge on any atom is -0.478 e. The first-order valence-corrected chi connectivity index (χ1v) is 14.9. The summed E-state index contributed by atoms with van der Waals surface area (Å²) in [4.78, 5) is 79.1. The van der Waals surface area contributed by atoms with Gasteiger partial charge in [-0.05, 0) is 47.7 Å². The molecular formula is C30H34N4O8S. The van der Waals surface area contributed by atoms with Gasteiger partial charge in [-0.2, -0.15) is 11.8 Å². The first-order valence-electron chi connectivity index (χ1n) is 13.8. The standard InChI is InChI=1S/C30H34N4O8S/c1-17(35)34-13-5-8-25(34)27(37)31-23-14-42-30(41)21-7-4-6-20(18-9-11-19(12-10-18)29(39)40)22(21)15-43-16-24(32-26(23)36)28(38)33(2)3/h4,6-7,9-12,23-25H,5,8,13-16H2,1-3H3,(H,31,37)(H,32,36)(H,39,40)/t23-,24-,25+/m1/s1. The molecule has 2 heterocycles. The Morgan fingerprint density at radius 1 is 1.07 bits per heavy atom. The normalized spacial score (nSPS) is 20.9. The monoisotopic (exact) mass is 610 g/mol. The number of carbonyl (C=O) groups is 6. The van der Waals surface area contributed by atoms with Gasteiger partial charge in [-0.15, -0.1) is 0 Å². The molecule has 3 N–H and O–H groups in total. The number of esters is 1. The summed E-state index contributed by atoms with van der Waals surface area (Å²) in [5.41, 5.74) is 2.36. The van der Waals surface area contributed by atoms with Crippen molar-refractivity contribution in [2.24, 2.45) is 0 Å². The number of carboxylic acids is 1. The molecule has 4 amide bonds. The number of carbonyl (C=O) groups excluding carboxylic acids is 5. The molecule has 0 bridgehead atoms. The van der Waals surface area contributed by atoms with Gasteiger partial charge in [0, 0.05) is 39.1 Å². The number of fused-ring (bicyclic) bond motifs is 1. The van der Waals surface area contributed by atoms with Gasteiger partial charge in [0.1, 0.15) is 24.7 Å². The van der Waals surface area contributed by atoms with Gasteiger partial charge in [0.25, 0.3) is 0 Å². The third-order valence-corrected chi connectivity index (χ3v) is 8.46. The first kappa shape index (κ1) is 31.5. The summed E-state index contributed by atoms with van der Waals surface area (Å²) in [7, 11) is 3.14. The van der Waals surface area contributed by atoms with Gasteiger partial charge in [0.2, 0.25) is 23.6 Å². The number of benzene rings is 2. The van der Waals surface area contributed by atoms with E-state index in [0.717, 1.165) is 0 Å². The Bertz CT molecular complexity index is 1430. The van der Waals surface area contributed by atoms with E-state index in [1.807, 2.05) is 6.07 Å². The van der Waals surface area contributed by atoms with Crippen molar-refractivity contribution in [3.63, 3.8) is 0 Å². The van der Waals surface area contributed by atoms with Crippen molar-refractivity contribution < 1.29 is 38.6 Å². The van der Waals surface area contributed by atoms with Gasteiger partial charge >= 0.3 is 11.9 Å². The highest BCUT2D eigenvalue weighted by molar-refractivity contribution is 7.98. The maximum absolute atomic E-state index is 13.4. The van der Waals surface area contributed by atoms with Crippen LogP contribution in [0, 0.1) is 0 Å². The number of ether oxygens (including phenoxy) is 1. The molecule has 13 heteroatoms. The molecule has 2 aliphatic heterocycles. The molecule has 4 rings (SSSR count). The van der Waals surface area contributed by atoms with Crippen molar-refractivity contribution in [3.8, 4) is 11.1 Å². The maximum Gasteiger partial charge on any atom is 0.338 e. The van der Waals surface area contributed by atoms with Crippen molar-refractivity contribution in [2.75, 3.05) is 33.0 Å². The number of rotatable bonds is 5. The molecule has 12 nitrogen and oxygen atoms in total. The van der Waals surface area contributed by atoms with Crippen LogP contribution in [0.2, 0.25) is 0 Å². The largest absolute Gasteiger partial charge is 0.478 e. The fraction of sp³-hybridized carbons (Fsp3) is 0.400. The number of carboxylic acid groups (broad SMARTS) is 1. The molecule has 0 spiro atoms. The lowest BCUT2D eigenvalue weighted by atomic mass is 9.95. The number of cyclic esters (lactones) is 1. The molecule has 1 saturated heterocycles. The smallest absolute Gasteiger partial charge is 0.338 e. The Hall–Kier alpha value is -4.39. The lowest BCUT2D eigenvalue weighted by Gasteiger charge is -2.28. The highest BCUT2D eigenvalue weighted by Gasteiger charge is 2.36. The van der Waals surface area contributed by atoms with Gasteiger partial charge in [-0.25, -0.2) is 9.59 Å². The van der Waals surface area contributed by atoms with Crippen LogP contribution in [0.15, 0.2) is 42.5 Å². The van der Waals surface area contributed by atoms with Crippen molar-refractivity contribution >= 4 is 47.3 Å². The number of likely N-dealkylation sites (N-methyl/N-ethyl adjacent to an activating group) is 1. The van der Waals surface area contributed by atoms with Crippen molar-refractivity contribution in [1.29, 1.82) is 0 Å². The number of thioether (sulfide) groups is 1. The summed E-state index contributed by atoms with van der Waals surface area (Å²) in [6, 6.07) is 8.34. The second-order valence-electron chi connectivity index (χ2n) is 10.6. The van der Waals surface area contributed by atoms with Gasteiger partial charge in [-0.1, -0.05) is 24.3 Å². The van der Waals surface area contributed by atoms with Gasteiger partial charge < -0.3 is 30.3 Å². The van der Waals surface area contributed by atoms with Crippen LogP contribution >= 0.6 is 11.8 Å². The molecule has 0 unspecified atom stereocenters. The number of hydrogen-bond donors (Lipinski definition) is 3. The average Bonchev–Trinajstić information content (AvgIpc) is 3.48. The molecular weight excluding hydrogens is 576 g/mol. The summed E-state index contributed by atoms with van der Waals surface area (Å²) in [6.07, 6.45) is 1.07. The Labute approximate surface area is 253 Å².